The van der Waals surface area contributed by atoms with Crippen molar-refractivity contribution in [1.82, 2.24) is 5.32 Å². The predicted molar refractivity (Wildman–Crippen MR) is 85.5 cm³/mol. The fraction of sp³-hybridized carbons (Fsp3) is 0.857. The fourth-order valence-electron chi connectivity index (χ4n) is 3.03. The SMILES string of the molecule is NC(=S)C1(NC(=O)C2CCCCS2)CCCCCC1. The van der Waals surface area contributed by atoms with Gasteiger partial charge in [-0.25, -0.2) is 0 Å². The van der Waals surface area contributed by atoms with Crippen molar-refractivity contribution in [3.8, 4) is 0 Å². The van der Waals surface area contributed by atoms with Crippen molar-refractivity contribution in [2.24, 2.45) is 5.73 Å². The average Bonchev–Trinajstić information content (AvgIpc) is 2.66. The fourth-order valence-corrected chi connectivity index (χ4v) is 4.48. The quantitative estimate of drug-likeness (QED) is 0.621. The summed E-state index contributed by atoms with van der Waals surface area (Å²) < 4.78 is 0. The summed E-state index contributed by atoms with van der Waals surface area (Å²) in [5, 5.41) is 3.32. The van der Waals surface area contributed by atoms with Crippen LogP contribution >= 0.6 is 24.0 Å². The predicted octanol–water partition coefficient (Wildman–Crippen LogP) is 2.77. The molecule has 2 aliphatic rings. The van der Waals surface area contributed by atoms with Crippen LogP contribution in [0.15, 0.2) is 0 Å². The number of nitrogens with two attached hydrogens (primary N) is 1. The van der Waals surface area contributed by atoms with E-state index in [1.807, 2.05) is 0 Å². The van der Waals surface area contributed by atoms with E-state index in [0.717, 1.165) is 44.3 Å². The second-order valence-corrected chi connectivity index (χ2v) is 7.46. The summed E-state index contributed by atoms with van der Waals surface area (Å²) in [7, 11) is 0. The maximum atomic E-state index is 12.4. The van der Waals surface area contributed by atoms with Gasteiger partial charge in [0, 0.05) is 0 Å². The van der Waals surface area contributed by atoms with Crippen LogP contribution in [0.1, 0.15) is 57.8 Å². The van der Waals surface area contributed by atoms with E-state index in [-0.39, 0.29) is 11.2 Å². The monoisotopic (exact) mass is 300 g/mol. The van der Waals surface area contributed by atoms with Gasteiger partial charge >= 0.3 is 0 Å². The second-order valence-electron chi connectivity index (χ2n) is 5.71. The Morgan fingerprint density at radius 3 is 2.37 bits per heavy atom. The van der Waals surface area contributed by atoms with E-state index in [2.05, 4.69) is 5.32 Å². The summed E-state index contributed by atoms with van der Waals surface area (Å²) in [4.78, 5) is 12.9. The van der Waals surface area contributed by atoms with Crippen molar-refractivity contribution in [2.45, 2.75) is 68.6 Å². The molecule has 1 heterocycles. The molecule has 5 heteroatoms. The summed E-state index contributed by atoms with van der Waals surface area (Å²) in [5.41, 5.74) is 5.54. The summed E-state index contributed by atoms with van der Waals surface area (Å²) >= 11 is 7.04. The molecule has 1 amide bonds. The Morgan fingerprint density at radius 1 is 1.16 bits per heavy atom. The summed E-state index contributed by atoms with van der Waals surface area (Å²) in [6.07, 6.45) is 9.85. The van der Waals surface area contributed by atoms with Crippen LogP contribution in [0.5, 0.6) is 0 Å². The highest BCUT2D eigenvalue weighted by atomic mass is 32.2. The zero-order valence-corrected chi connectivity index (χ0v) is 13.1. The highest BCUT2D eigenvalue weighted by Crippen LogP contribution is 2.30. The lowest BCUT2D eigenvalue weighted by Gasteiger charge is -2.35. The van der Waals surface area contributed by atoms with Crippen LogP contribution in [0, 0.1) is 0 Å². The third kappa shape index (κ3) is 3.85. The van der Waals surface area contributed by atoms with Crippen molar-refractivity contribution < 1.29 is 4.79 Å². The van der Waals surface area contributed by atoms with Crippen LogP contribution in [0.25, 0.3) is 0 Å². The van der Waals surface area contributed by atoms with Crippen LogP contribution in [0.3, 0.4) is 0 Å². The first-order valence-corrected chi connectivity index (χ1v) is 8.83. The number of carbonyl (C=O) groups is 1. The van der Waals surface area contributed by atoms with Gasteiger partial charge in [0.2, 0.25) is 5.91 Å². The number of thioether (sulfide) groups is 1. The first-order valence-electron chi connectivity index (χ1n) is 7.38. The number of hydrogen-bond donors (Lipinski definition) is 2. The number of amides is 1. The Balaban J connectivity index is 2.02. The molecule has 2 fully saturated rings. The molecule has 19 heavy (non-hydrogen) atoms. The van der Waals surface area contributed by atoms with Gasteiger partial charge in [0.05, 0.1) is 15.8 Å². The molecule has 0 radical (unpaired) electrons. The largest absolute Gasteiger partial charge is 0.391 e. The number of hydrogen-bond acceptors (Lipinski definition) is 3. The standard InChI is InChI=1S/C14H24N2OS2/c15-13(18)14(8-4-1-2-5-9-14)16-12(17)11-7-3-6-10-19-11/h11H,1-10H2,(H2,15,18)(H,16,17). The van der Waals surface area contributed by atoms with Crippen LogP contribution in [-0.4, -0.2) is 27.4 Å². The number of rotatable bonds is 3. The van der Waals surface area contributed by atoms with E-state index in [9.17, 15) is 4.79 Å². The Kier molecular flexibility index (Phi) is 5.51. The topological polar surface area (TPSA) is 55.1 Å². The van der Waals surface area contributed by atoms with Gasteiger partial charge in [0.25, 0.3) is 0 Å². The van der Waals surface area contributed by atoms with Crippen LogP contribution in [0.4, 0.5) is 0 Å². The first-order chi connectivity index (χ1) is 9.14. The molecule has 1 atom stereocenters. The molecule has 108 valence electrons. The first kappa shape index (κ1) is 15.1. The summed E-state index contributed by atoms with van der Waals surface area (Å²) in [6, 6.07) is 0. The second kappa shape index (κ2) is 6.93. The lowest BCUT2D eigenvalue weighted by atomic mass is 9.89. The van der Waals surface area contributed by atoms with E-state index >= 15 is 0 Å². The van der Waals surface area contributed by atoms with Gasteiger partial charge in [0.1, 0.15) is 0 Å². The van der Waals surface area contributed by atoms with Gasteiger partial charge in [-0.05, 0) is 31.4 Å². The highest BCUT2D eigenvalue weighted by molar-refractivity contribution is 8.00. The molecular formula is C14H24N2OS2. The molecule has 1 unspecified atom stereocenters. The molecule has 1 aliphatic carbocycles. The maximum Gasteiger partial charge on any atom is 0.233 e. The Bertz CT molecular complexity index is 332. The van der Waals surface area contributed by atoms with E-state index in [1.54, 1.807) is 11.8 Å². The van der Waals surface area contributed by atoms with E-state index in [4.69, 9.17) is 18.0 Å². The van der Waals surface area contributed by atoms with Crippen molar-refractivity contribution in [3.63, 3.8) is 0 Å². The van der Waals surface area contributed by atoms with E-state index in [1.165, 1.54) is 19.3 Å². The molecule has 3 N–H and O–H groups in total. The lowest BCUT2D eigenvalue weighted by molar-refractivity contribution is -0.122. The third-order valence-corrected chi connectivity index (χ3v) is 6.03. The molecule has 0 spiro atoms. The number of thiocarbonyl (C=S) groups is 1. The third-order valence-electron chi connectivity index (χ3n) is 4.26. The molecule has 0 aromatic carbocycles. The number of nitrogens with one attached hydrogen (secondary N) is 1. The normalized spacial score (nSPS) is 27.3. The van der Waals surface area contributed by atoms with Crippen molar-refractivity contribution in [2.75, 3.05) is 5.75 Å². The van der Waals surface area contributed by atoms with Crippen LogP contribution < -0.4 is 11.1 Å². The van der Waals surface area contributed by atoms with Crippen LogP contribution in [0.2, 0.25) is 0 Å². The lowest BCUT2D eigenvalue weighted by Crippen LogP contribution is -2.58. The molecule has 0 aromatic heterocycles. The summed E-state index contributed by atoms with van der Waals surface area (Å²) in [6.45, 7) is 0. The zero-order chi connectivity index (χ0) is 13.7. The minimum Gasteiger partial charge on any atom is -0.391 e. The Morgan fingerprint density at radius 2 is 1.84 bits per heavy atom. The number of carbonyl (C=O) groups excluding carboxylic acids is 1. The molecular weight excluding hydrogens is 276 g/mol. The van der Waals surface area contributed by atoms with E-state index < -0.39 is 5.54 Å². The van der Waals surface area contributed by atoms with Gasteiger partial charge in [-0.15, -0.1) is 11.8 Å². The average molecular weight is 300 g/mol. The summed E-state index contributed by atoms with van der Waals surface area (Å²) in [5.74, 6) is 1.25. The van der Waals surface area contributed by atoms with Crippen molar-refractivity contribution >= 4 is 34.9 Å². The molecule has 2 rings (SSSR count). The van der Waals surface area contributed by atoms with Gasteiger partial charge < -0.3 is 11.1 Å². The van der Waals surface area contributed by atoms with Crippen molar-refractivity contribution in [3.05, 3.63) is 0 Å². The minimum atomic E-state index is -0.416. The molecule has 1 saturated carbocycles. The minimum absolute atomic E-state index is 0.100. The molecule has 0 bridgehead atoms. The van der Waals surface area contributed by atoms with Gasteiger partial charge in [-0.1, -0.05) is 44.3 Å². The zero-order valence-electron chi connectivity index (χ0n) is 11.5. The molecule has 1 saturated heterocycles. The Hall–Kier alpha value is -0.290. The smallest absolute Gasteiger partial charge is 0.233 e. The maximum absolute atomic E-state index is 12.4. The van der Waals surface area contributed by atoms with Crippen molar-refractivity contribution in [1.29, 1.82) is 0 Å². The molecule has 1 aliphatic heterocycles. The van der Waals surface area contributed by atoms with Gasteiger partial charge in [0.15, 0.2) is 0 Å². The highest BCUT2D eigenvalue weighted by Gasteiger charge is 2.37. The van der Waals surface area contributed by atoms with E-state index in [0.29, 0.717) is 4.99 Å². The Labute approximate surface area is 125 Å². The van der Waals surface area contributed by atoms with Gasteiger partial charge in [-0.2, -0.15) is 0 Å². The van der Waals surface area contributed by atoms with Gasteiger partial charge in [-0.3, -0.25) is 4.79 Å². The molecule has 0 aromatic rings. The molecule has 3 nitrogen and oxygen atoms in total. The van der Waals surface area contributed by atoms with Crippen LogP contribution in [-0.2, 0) is 4.79 Å².